The second-order valence-electron chi connectivity index (χ2n) is 5.22. The number of hydrogen-bond donors (Lipinski definition) is 0. The predicted octanol–water partition coefficient (Wildman–Crippen LogP) is 3.53. The molecule has 1 saturated heterocycles. The van der Waals surface area contributed by atoms with Crippen LogP contribution in [-0.4, -0.2) is 30.3 Å². The molecule has 4 heteroatoms. The molecule has 2 aromatic rings. The van der Waals surface area contributed by atoms with E-state index in [0.717, 1.165) is 36.5 Å². The molecule has 1 aliphatic rings. The van der Waals surface area contributed by atoms with Gasteiger partial charge in [0, 0.05) is 18.2 Å². The summed E-state index contributed by atoms with van der Waals surface area (Å²) >= 11 is 0. The Morgan fingerprint density at radius 3 is 3.10 bits per heavy atom. The molecule has 0 aliphatic carbocycles. The number of hydrogen-bond acceptors (Lipinski definition) is 4. The molecule has 1 aliphatic heterocycles. The normalized spacial score (nSPS) is 19.4. The second-order valence-corrected chi connectivity index (χ2v) is 5.22. The number of ether oxygens (including phenoxy) is 1. The van der Waals surface area contributed by atoms with E-state index in [-0.39, 0.29) is 0 Å². The summed E-state index contributed by atoms with van der Waals surface area (Å²) in [4.78, 5) is 2.43. The zero-order valence-electron chi connectivity index (χ0n) is 12.2. The SMILES string of the molecule is COc1ccccc1/C=C/CN1CCC[C@@H]1c1ccon1. The molecule has 2 heterocycles. The van der Waals surface area contributed by atoms with Gasteiger partial charge >= 0.3 is 0 Å². The minimum atomic E-state index is 0.381. The van der Waals surface area contributed by atoms with Crippen molar-refractivity contribution in [2.45, 2.75) is 18.9 Å². The van der Waals surface area contributed by atoms with Gasteiger partial charge in [-0.05, 0) is 25.5 Å². The Morgan fingerprint density at radius 2 is 2.29 bits per heavy atom. The van der Waals surface area contributed by atoms with Crippen LogP contribution in [0.2, 0.25) is 0 Å². The number of para-hydroxylation sites is 1. The van der Waals surface area contributed by atoms with Gasteiger partial charge in [0.1, 0.15) is 17.7 Å². The van der Waals surface area contributed by atoms with Crippen molar-refractivity contribution in [3.63, 3.8) is 0 Å². The molecule has 3 rings (SSSR count). The van der Waals surface area contributed by atoms with Crippen molar-refractivity contribution in [1.82, 2.24) is 10.1 Å². The molecule has 1 atom stereocenters. The minimum Gasteiger partial charge on any atom is -0.496 e. The molecular weight excluding hydrogens is 264 g/mol. The van der Waals surface area contributed by atoms with E-state index < -0.39 is 0 Å². The van der Waals surface area contributed by atoms with E-state index in [9.17, 15) is 0 Å². The van der Waals surface area contributed by atoms with Gasteiger partial charge in [0.2, 0.25) is 0 Å². The van der Waals surface area contributed by atoms with E-state index in [4.69, 9.17) is 9.26 Å². The summed E-state index contributed by atoms with van der Waals surface area (Å²) in [6.07, 6.45) is 8.32. The van der Waals surface area contributed by atoms with Gasteiger partial charge in [0.05, 0.1) is 13.2 Å². The van der Waals surface area contributed by atoms with Gasteiger partial charge in [-0.2, -0.15) is 0 Å². The van der Waals surface area contributed by atoms with Gasteiger partial charge in [-0.1, -0.05) is 35.5 Å². The van der Waals surface area contributed by atoms with Gasteiger partial charge in [0.15, 0.2) is 0 Å². The smallest absolute Gasteiger partial charge is 0.126 e. The fourth-order valence-electron chi connectivity index (χ4n) is 2.89. The summed E-state index contributed by atoms with van der Waals surface area (Å²) in [7, 11) is 1.70. The summed E-state index contributed by atoms with van der Waals surface area (Å²) in [6.45, 7) is 2.02. The highest BCUT2D eigenvalue weighted by Crippen LogP contribution is 2.30. The third-order valence-corrected chi connectivity index (χ3v) is 3.94. The first-order valence-electron chi connectivity index (χ1n) is 7.32. The summed E-state index contributed by atoms with van der Waals surface area (Å²) in [6, 6.07) is 10.4. The highest BCUT2D eigenvalue weighted by atomic mass is 16.5. The topological polar surface area (TPSA) is 38.5 Å². The van der Waals surface area contributed by atoms with Crippen molar-refractivity contribution in [2.24, 2.45) is 0 Å². The number of rotatable bonds is 5. The Balaban J connectivity index is 1.65. The van der Waals surface area contributed by atoms with E-state index >= 15 is 0 Å². The van der Waals surface area contributed by atoms with Crippen molar-refractivity contribution in [2.75, 3.05) is 20.2 Å². The molecule has 1 fully saturated rings. The largest absolute Gasteiger partial charge is 0.496 e. The molecule has 1 aromatic heterocycles. The third-order valence-electron chi connectivity index (χ3n) is 3.94. The molecule has 0 unspecified atom stereocenters. The van der Waals surface area contributed by atoms with Crippen molar-refractivity contribution in [3.05, 3.63) is 53.9 Å². The minimum absolute atomic E-state index is 0.381. The Bertz CT molecular complexity index is 593. The third kappa shape index (κ3) is 3.16. The first kappa shape index (κ1) is 13.9. The molecule has 110 valence electrons. The fraction of sp³-hybridized carbons (Fsp3) is 0.353. The average molecular weight is 284 g/mol. The van der Waals surface area contributed by atoms with Crippen LogP contribution >= 0.6 is 0 Å². The highest BCUT2D eigenvalue weighted by molar-refractivity contribution is 5.57. The zero-order valence-corrected chi connectivity index (χ0v) is 12.2. The summed E-state index contributed by atoms with van der Waals surface area (Å²) in [5.41, 5.74) is 2.15. The maximum absolute atomic E-state index is 5.36. The molecular formula is C17H20N2O2. The summed E-state index contributed by atoms with van der Waals surface area (Å²) < 4.78 is 10.3. The maximum Gasteiger partial charge on any atom is 0.126 e. The van der Waals surface area contributed by atoms with Gasteiger partial charge in [0.25, 0.3) is 0 Å². The van der Waals surface area contributed by atoms with Crippen molar-refractivity contribution >= 4 is 6.08 Å². The molecule has 0 N–H and O–H groups in total. The Hall–Kier alpha value is -2.07. The molecule has 1 aromatic carbocycles. The molecule has 0 saturated carbocycles. The lowest BCUT2D eigenvalue weighted by Gasteiger charge is -2.20. The Labute approximate surface area is 125 Å². The lowest BCUT2D eigenvalue weighted by atomic mass is 10.1. The highest BCUT2D eigenvalue weighted by Gasteiger charge is 2.26. The summed E-state index contributed by atoms with van der Waals surface area (Å²) in [5, 5.41) is 4.08. The monoisotopic (exact) mass is 284 g/mol. The fourth-order valence-corrected chi connectivity index (χ4v) is 2.89. The second kappa shape index (κ2) is 6.59. The maximum atomic E-state index is 5.36. The number of aromatic nitrogens is 1. The molecule has 21 heavy (non-hydrogen) atoms. The van der Waals surface area contributed by atoms with E-state index in [1.54, 1.807) is 13.4 Å². The van der Waals surface area contributed by atoms with Gasteiger partial charge < -0.3 is 9.26 Å². The predicted molar refractivity (Wildman–Crippen MR) is 82.1 cm³/mol. The van der Waals surface area contributed by atoms with E-state index in [1.807, 2.05) is 24.3 Å². The van der Waals surface area contributed by atoms with Crippen molar-refractivity contribution in [3.8, 4) is 5.75 Å². The van der Waals surface area contributed by atoms with Crippen LogP contribution in [0.15, 0.2) is 47.2 Å². The number of benzene rings is 1. The number of likely N-dealkylation sites (tertiary alicyclic amines) is 1. The molecule has 4 nitrogen and oxygen atoms in total. The molecule has 0 spiro atoms. The van der Waals surface area contributed by atoms with Crippen LogP contribution < -0.4 is 4.74 Å². The van der Waals surface area contributed by atoms with Gasteiger partial charge in [-0.3, -0.25) is 4.90 Å². The van der Waals surface area contributed by atoms with Crippen LogP contribution in [0.25, 0.3) is 6.08 Å². The van der Waals surface area contributed by atoms with Crippen LogP contribution in [-0.2, 0) is 0 Å². The molecule has 0 amide bonds. The summed E-state index contributed by atoms with van der Waals surface area (Å²) in [5.74, 6) is 0.906. The quantitative estimate of drug-likeness (QED) is 0.842. The van der Waals surface area contributed by atoms with Crippen LogP contribution in [0.3, 0.4) is 0 Å². The first-order chi connectivity index (χ1) is 10.4. The van der Waals surface area contributed by atoms with Crippen LogP contribution in [0, 0.1) is 0 Å². The van der Waals surface area contributed by atoms with Gasteiger partial charge in [-0.15, -0.1) is 0 Å². The average Bonchev–Trinajstić information content (AvgIpc) is 3.18. The molecule has 0 bridgehead atoms. The van der Waals surface area contributed by atoms with E-state index in [1.165, 1.54) is 6.42 Å². The van der Waals surface area contributed by atoms with E-state index in [2.05, 4.69) is 28.3 Å². The zero-order chi connectivity index (χ0) is 14.5. The number of methoxy groups -OCH3 is 1. The van der Waals surface area contributed by atoms with Crippen LogP contribution in [0.1, 0.15) is 30.1 Å². The standard InChI is InChI=1S/C17H20N2O2/c1-20-17-9-3-2-6-14(17)7-4-11-19-12-5-8-16(19)15-10-13-21-18-15/h2-4,6-7,9-10,13,16H,5,8,11-12H2,1H3/b7-4+/t16-/m1/s1. The lowest BCUT2D eigenvalue weighted by molar-refractivity contribution is 0.270. The lowest BCUT2D eigenvalue weighted by Crippen LogP contribution is -2.23. The Morgan fingerprint density at radius 1 is 1.38 bits per heavy atom. The van der Waals surface area contributed by atoms with E-state index in [0.29, 0.717) is 6.04 Å². The van der Waals surface area contributed by atoms with Crippen molar-refractivity contribution in [1.29, 1.82) is 0 Å². The Kier molecular flexibility index (Phi) is 4.36. The first-order valence-corrected chi connectivity index (χ1v) is 7.32. The van der Waals surface area contributed by atoms with Crippen LogP contribution in [0.4, 0.5) is 0 Å². The molecule has 0 radical (unpaired) electrons. The number of nitrogens with zero attached hydrogens (tertiary/aromatic N) is 2. The van der Waals surface area contributed by atoms with Crippen LogP contribution in [0.5, 0.6) is 5.75 Å². The van der Waals surface area contributed by atoms with Crippen molar-refractivity contribution < 1.29 is 9.26 Å². The van der Waals surface area contributed by atoms with Gasteiger partial charge in [-0.25, -0.2) is 0 Å².